The Morgan fingerprint density at radius 3 is 2.35 bits per heavy atom. The number of aliphatic hydroxyl groups excluding tert-OH is 3. The van der Waals surface area contributed by atoms with Gasteiger partial charge in [-0.3, -0.25) is 9.59 Å². The topological polar surface area (TPSA) is 187 Å². The van der Waals surface area contributed by atoms with Crippen LogP contribution < -0.4 is 5.43 Å². The molecule has 2 heterocycles. The number of benzene rings is 2. The maximum Gasteiger partial charge on any atom is 0.309 e. The molecule has 0 bridgehead atoms. The van der Waals surface area contributed by atoms with Gasteiger partial charge >= 0.3 is 5.97 Å². The molecule has 2 aromatic carbocycles. The Morgan fingerprint density at radius 2 is 1.73 bits per heavy atom. The van der Waals surface area contributed by atoms with Crippen molar-refractivity contribution in [2.45, 2.75) is 50.8 Å². The number of carbonyl (C=O) groups excluding carboxylic acids is 1. The number of phenols is 3. The minimum Gasteiger partial charge on any atom is -0.508 e. The smallest absolute Gasteiger partial charge is 0.309 e. The molecule has 4 rings (SSSR count). The number of fused-ring (bicyclic) bond motifs is 1. The van der Waals surface area contributed by atoms with E-state index in [-0.39, 0.29) is 28.0 Å². The molecule has 1 aliphatic heterocycles. The standard InChI is InChI=1S/C26H28O11/c1-3-11(2)26(34)37-25-22(33)21(32)18(10-27)36-24(25)20-15(30)8-14(29)19-16(31)9-17(35-23(19)20)12-4-6-13(28)7-5-12/h4-9,11,18,21-22,24-25,27-30,32-33H,3,10H2,1-2H3/t11-,18-,21-,22-,24-,25-/m0/s1. The minimum atomic E-state index is -1.74. The van der Waals surface area contributed by atoms with Crippen molar-refractivity contribution in [3.63, 3.8) is 0 Å². The average molecular weight is 516 g/mol. The van der Waals surface area contributed by atoms with E-state index in [1.54, 1.807) is 13.8 Å². The van der Waals surface area contributed by atoms with Gasteiger partial charge < -0.3 is 44.5 Å². The van der Waals surface area contributed by atoms with Gasteiger partial charge in [0.1, 0.15) is 52.8 Å². The van der Waals surface area contributed by atoms with Gasteiger partial charge in [0.2, 0.25) is 0 Å². The van der Waals surface area contributed by atoms with Gasteiger partial charge in [-0.25, -0.2) is 0 Å². The summed E-state index contributed by atoms with van der Waals surface area (Å²) in [6, 6.07) is 7.72. The molecule has 11 nitrogen and oxygen atoms in total. The molecular weight excluding hydrogens is 488 g/mol. The Hall–Kier alpha value is -3.64. The largest absolute Gasteiger partial charge is 0.508 e. The summed E-state index contributed by atoms with van der Waals surface area (Å²) in [5, 5.41) is 61.6. The fourth-order valence-corrected chi connectivity index (χ4v) is 4.24. The van der Waals surface area contributed by atoms with Crippen molar-refractivity contribution in [2.24, 2.45) is 5.92 Å². The Labute approximate surface area is 210 Å². The highest BCUT2D eigenvalue weighted by atomic mass is 16.6. The van der Waals surface area contributed by atoms with Crippen LogP contribution in [-0.2, 0) is 14.3 Å². The summed E-state index contributed by atoms with van der Waals surface area (Å²) < 4.78 is 17.2. The van der Waals surface area contributed by atoms with E-state index in [1.807, 2.05) is 0 Å². The van der Waals surface area contributed by atoms with Crippen molar-refractivity contribution in [2.75, 3.05) is 6.61 Å². The van der Waals surface area contributed by atoms with E-state index >= 15 is 0 Å². The van der Waals surface area contributed by atoms with E-state index in [0.717, 1.165) is 12.1 Å². The molecule has 0 saturated carbocycles. The van der Waals surface area contributed by atoms with E-state index in [9.17, 15) is 40.2 Å². The molecule has 198 valence electrons. The zero-order valence-corrected chi connectivity index (χ0v) is 20.1. The lowest BCUT2D eigenvalue weighted by Crippen LogP contribution is -2.56. The maximum atomic E-state index is 13.0. The molecule has 0 unspecified atom stereocenters. The molecule has 0 aliphatic carbocycles. The van der Waals surface area contributed by atoms with Crippen molar-refractivity contribution < 1.29 is 49.3 Å². The van der Waals surface area contributed by atoms with Crippen LogP contribution in [0.5, 0.6) is 17.2 Å². The number of rotatable bonds is 6. The quantitative estimate of drug-likeness (QED) is 0.262. The highest BCUT2D eigenvalue weighted by molar-refractivity contribution is 5.89. The number of hydrogen-bond acceptors (Lipinski definition) is 11. The van der Waals surface area contributed by atoms with Gasteiger partial charge in [-0.1, -0.05) is 13.8 Å². The molecular formula is C26H28O11. The van der Waals surface area contributed by atoms with Crippen LogP contribution in [0.15, 0.2) is 45.6 Å². The van der Waals surface area contributed by atoms with Crippen LogP contribution in [0.3, 0.4) is 0 Å². The maximum absolute atomic E-state index is 13.0. The van der Waals surface area contributed by atoms with Crippen LogP contribution in [0, 0.1) is 5.92 Å². The summed E-state index contributed by atoms with van der Waals surface area (Å²) >= 11 is 0. The molecule has 37 heavy (non-hydrogen) atoms. The predicted octanol–water partition coefficient (Wildman–Crippen LogP) is 1.69. The van der Waals surface area contributed by atoms with Crippen molar-refractivity contribution in [3.8, 4) is 28.6 Å². The first kappa shape index (κ1) is 26.4. The number of carbonyl (C=O) groups is 1. The fraction of sp³-hybridized carbons (Fsp3) is 0.385. The van der Waals surface area contributed by atoms with E-state index < -0.39 is 65.9 Å². The number of aliphatic hydroxyl groups is 3. The van der Waals surface area contributed by atoms with Gasteiger partial charge in [0.05, 0.1) is 18.1 Å². The molecule has 0 radical (unpaired) electrons. The first-order valence-electron chi connectivity index (χ1n) is 11.7. The molecule has 0 spiro atoms. The first-order valence-corrected chi connectivity index (χ1v) is 11.7. The monoisotopic (exact) mass is 516 g/mol. The van der Waals surface area contributed by atoms with E-state index in [1.165, 1.54) is 24.3 Å². The van der Waals surface area contributed by atoms with Gasteiger partial charge in [0.15, 0.2) is 17.1 Å². The van der Waals surface area contributed by atoms with Crippen molar-refractivity contribution in [1.82, 2.24) is 0 Å². The molecule has 6 N–H and O–H groups in total. The van der Waals surface area contributed by atoms with E-state index in [0.29, 0.717) is 12.0 Å². The Kier molecular flexibility index (Phi) is 7.42. The average Bonchev–Trinajstić information content (AvgIpc) is 2.87. The number of hydrogen-bond donors (Lipinski definition) is 6. The molecule has 11 heteroatoms. The van der Waals surface area contributed by atoms with Gasteiger partial charge in [-0.2, -0.15) is 0 Å². The number of aromatic hydroxyl groups is 3. The Bertz CT molecular complexity index is 1350. The second-order valence-corrected chi connectivity index (χ2v) is 9.02. The molecule has 1 fully saturated rings. The second kappa shape index (κ2) is 10.4. The van der Waals surface area contributed by atoms with Crippen LogP contribution in [0.1, 0.15) is 31.9 Å². The summed E-state index contributed by atoms with van der Waals surface area (Å²) in [6.07, 6.45) is -7.37. The summed E-state index contributed by atoms with van der Waals surface area (Å²) in [5.41, 5.74) is -0.843. The fourth-order valence-electron chi connectivity index (χ4n) is 4.24. The molecule has 1 saturated heterocycles. The molecule has 3 aromatic rings. The van der Waals surface area contributed by atoms with E-state index in [4.69, 9.17) is 13.9 Å². The van der Waals surface area contributed by atoms with Crippen LogP contribution >= 0.6 is 0 Å². The van der Waals surface area contributed by atoms with Crippen molar-refractivity contribution in [1.29, 1.82) is 0 Å². The highest BCUT2D eigenvalue weighted by Gasteiger charge is 2.49. The van der Waals surface area contributed by atoms with E-state index in [2.05, 4.69) is 0 Å². The van der Waals surface area contributed by atoms with Gasteiger partial charge in [-0.15, -0.1) is 0 Å². The third-order valence-electron chi connectivity index (χ3n) is 6.57. The Morgan fingerprint density at radius 1 is 1.05 bits per heavy atom. The minimum absolute atomic E-state index is 0.0204. The number of esters is 1. The van der Waals surface area contributed by atoms with Gasteiger partial charge in [-0.05, 0) is 30.7 Å². The van der Waals surface area contributed by atoms with Crippen molar-refractivity contribution >= 4 is 16.9 Å². The lowest BCUT2D eigenvalue weighted by Gasteiger charge is -2.42. The molecule has 6 atom stereocenters. The predicted molar refractivity (Wildman–Crippen MR) is 129 cm³/mol. The second-order valence-electron chi connectivity index (χ2n) is 9.02. The van der Waals surface area contributed by atoms with Crippen LogP contribution in [0.25, 0.3) is 22.3 Å². The SMILES string of the molecule is CC[C@H](C)C(=O)O[C@H]1[C@@H](O)[C@@H](O)[C@H](CO)O[C@H]1c1c(O)cc(O)c2c(=O)cc(-c3ccc(O)cc3)oc12. The lowest BCUT2D eigenvalue weighted by atomic mass is 9.89. The van der Waals surface area contributed by atoms with Crippen LogP contribution in [-0.4, -0.2) is 67.6 Å². The third-order valence-corrected chi connectivity index (χ3v) is 6.57. The number of ether oxygens (including phenoxy) is 2. The first-order chi connectivity index (χ1) is 17.6. The highest BCUT2D eigenvalue weighted by Crippen LogP contribution is 2.44. The van der Waals surface area contributed by atoms with Crippen LogP contribution in [0.4, 0.5) is 0 Å². The lowest BCUT2D eigenvalue weighted by molar-refractivity contribution is -0.242. The zero-order chi connectivity index (χ0) is 27.0. The third kappa shape index (κ3) is 4.86. The summed E-state index contributed by atoms with van der Waals surface area (Å²) in [7, 11) is 0. The summed E-state index contributed by atoms with van der Waals surface area (Å²) in [4.78, 5) is 25.7. The molecule has 0 amide bonds. The summed E-state index contributed by atoms with van der Waals surface area (Å²) in [6.45, 7) is 2.64. The van der Waals surface area contributed by atoms with Crippen LogP contribution in [0.2, 0.25) is 0 Å². The summed E-state index contributed by atoms with van der Waals surface area (Å²) in [5.74, 6) is -2.47. The normalized spacial score (nSPS) is 24.6. The van der Waals surface area contributed by atoms with Gasteiger partial charge in [0.25, 0.3) is 0 Å². The Balaban J connectivity index is 1.94. The van der Waals surface area contributed by atoms with Crippen molar-refractivity contribution in [3.05, 3.63) is 52.2 Å². The number of phenolic OH excluding ortho intramolecular Hbond substituents is 3. The molecule has 1 aliphatic rings. The zero-order valence-electron chi connectivity index (χ0n) is 20.1. The molecule has 1 aromatic heterocycles. The van der Waals surface area contributed by atoms with Gasteiger partial charge in [0, 0.05) is 17.7 Å².